The summed E-state index contributed by atoms with van der Waals surface area (Å²) in [6.45, 7) is 0.205. The van der Waals surface area contributed by atoms with Crippen LogP contribution in [0.2, 0.25) is 5.02 Å². The zero-order chi connectivity index (χ0) is 11.4. The molecule has 0 radical (unpaired) electrons. The number of phenolic OH excluding ortho intramolecular Hbond substituents is 1. The van der Waals surface area contributed by atoms with E-state index in [1.807, 2.05) is 0 Å². The maximum atomic E-state index is 13.4. The number of benzene rings is 1. The standard InChI is InChI=1S/C9H11ClFNO3/c1-14-9-5(2-3-15-12)4-6(10)8(13)7(9)11/h4,13H,2-3,12H2,1H3. The minimum Gasteiger partial charge on any atom is -0.504 e. The van der Waals surface area contributed by atoms with Gasteiger partial charge in [0.25, 0.3) is 0 Å². The van der Waals surface area contributed by atoms with Crippen LogP contribution in [-0.2, 0) is 11.3 Å². The number of methoxy groups -OCH3 is 1. The summed E-state index contributed by atoms with van der Waals surface area (Å²) in [4.78, 5) is 4.37. The fourth-order valence-corrected chi connectivity index (χ4v) is 1.43. The summed E-state index contributed by atoms with van der Waals surface area (Å²) in [5, 5.41) is 9.16. The maximum Gasteiger partial charge on any atom is 0.208 e. The van der Waals surface area contributed by atoms with Crippen LogP contribution in [0.25, 0.3) is 0 Å². The third-order valence-corrected chi connectivity index (χ3v) is 2.21. The molecule has 0 saturated heterocycles. The number of halogens is 2. The summed E-state index contributed by atoms with van der Waals surface area (Å²) in [6.07, 6.45) is 0.344. The third kappa shape index (κ3) is 2.50. The zero-order valence-electron chi connectivity index (χ0n) is 8.09. The molecule has 0 aliphatic rings. The fourth-order valence-electron chi connectivity index (χ4n) is 1.22. The van der Waals surface area contributed by atoms with Gasteiger partial charge in [-0.1, -0.05) is 11.6 Å². The molecule has 0 saturated carbocycles. The van der Waals surface area contributed by atoms with Crippen LogP contribution in [0.5, 0.6) is 11.5 Å². The van der Waals surface area contributed by atoms with E-state index in [9.17, 15) is 9.50 Å². The summed E-state index contributed by atoms with van der Waals surface area (Å²) in [5.41, 5.74) is 0.489. The van der Waals surface area contributed by atoms with Crippen LogP contribution >= 0.6 is 11.6 Å². The van der Waals surface area contributed by atoms with Crippen LogP contribution in [0.1, 0.15) is 5.56 Å². The van der Waals surface area contributed by atoms with E-state index in [2.05, 4.69) is 4.84 Å². The molecule has 0 heterocycles. The van der Waals surface area contributed by atoms with Crippen LogP contribution < -0.4 is 10.6 Å². The average Bonchev–Trinajstić information content (AvgIpc) is 2.23. The van der Waals surface area contributed by atoms with E-state index < -0.39 is 11.6 Å². The van der Waals surface area contributed by atoms with Gasteiger partial charge in [-0.15, -0.1) is 0 Å². The highest BCUT2D eigenvalue weighted by atomic mass is 35.5. The Morgan fingerprint density at radius 2 is 2.27 bits per heavy atom. The highest BCUT2D eigenvalue weighted by Crippen LogP contribution is 2.36. The molecule has 0 atom stereocenters. The molecule has 0 fully saturated rings. The lowest BCUT2D eigenvalue weighted by molar-refractivity contribution is 0.140. The second kappa shape index (κ2) is 5.16. The number of hydrogen-bond acceptors (Lipinski definition) is 4. The molecular formula is C9H11ClFNO3. The number of rotatable bonds is 4. The highest BCUT2D eigenvalue weighted by molar-refractivity contribution is 6.32. The summed E-state index contributed by atoms with van der Waals surface area (Å²) >= 11 is 5.61. The van der Waals surface area contributed by atoms with E-state index in [1.165, 1.54) is 13.2 Å². The van der Waals surface area contributed by atoms with Crippen molar-refractivity contribution < 1.29 is 19.1 Å². The number of hydrogen-bond donors (Lipinski definition) is 2. The Morgan fingerprint density at radius 1 is 1.60 bits per heavy atom. The molecule has 0 aromatic heterocycles. The zero-order valence-corrected chi connectivity index (χ0v) is 8.84. The molecular weight excluding hydrogens is 225 g/mol. The molecule has 4 nitrogen and oxygen atoms in total. The van der Waals surface area contributed by atoms with E-state index >= 15 is 0 Å². The van der Waals surface area contributed by atoms with Crippen molar-refractivity contribution in [2.24, 2.45) is 5.90 Å². The molecule has 84 valence electrons. The lowest BCUT2D eigenvalue weighted by atomic mass is 10.1. The second-order valence-corrected chi connectivity index (χ2v) is 3.24. The first-order valence-electron chi connectivity index (χ1n) is 4.17. The van der Waals surface area contributed by atoms with E-state index in [0.29, 0.717) is 12.0 Å². The smallest absolute Gasteiger partial charge is 0.208 e. The van der Waals surface area contributed by atoms with Gasteiger partial charge in [-0.05, 0) is 6.07 Å². The molecule has 1 aromatic carbocycles. The molecule has 0 unspecified atom stereocenters. The first kappa shape index (κ1) is 12.0. The van der Waals surface area contributed by atoms with Crippen molar-refractivity contribution in [3.05, 3.63) is 22.5 Å². The number of ether oxygens (including phenoxy) is 1. The molecule has 0 aliphatic carbocycles. The molecule has 1 rings (SSSR count). The molecule has 0 aliphatic heterocycles. The van der Waals surface area contributed by atoms with Gasteiger partial charge in [-0.25, -0.2) is 5.90 Å². The Labute approximate surface area is 91.3 Å². The predicted molar refractivity (Wildman–Crippen MR) is 53.5 cm³/mol. The second-order valence-electron chi connectivity index (χ2n) is 2.83. The Morgan fingerprint density at radius 3 is 2.80 bits per heavy atom. The maximum absolute atomic E-state index is 13.4. The summed E-state index contributed by atoms with van der Waals surface area (Å²) in [7, 11) is 1.30. The monoisotopic (exact) mass is 235 g/mol. The van der Waals surface area contributed by atoms with Crippen LogP contribution in [0.15, 0.2) is 6.07 Å². The van der Waals surface area contributed by atoms with Crippen molar-refractivity contribution in [1.29, 1.82) is 0 Å². The lowest BCUT2D eigenvalue weighted by Crippen LogP contribution is -2.05. The number of nitrogens with two attached hydrogens (primary N) is 1. The van der Waals surface area contributed by atoms with Crippen molar-refractivity contribution >= 4 is 11.6 Å². The lowest BCUT2D eigenvalue weighted by Gasteiger charge is -2.11. The first-order valence-corrected chi connectivity index (χ1v) is 4.55. The average molecular weight is 236 g/mol. The molecule has 3 N–H and O–H groups in total. The van der Waals surface area contributed by atoms with Gasteiger partial charge in [-0.2, -0.15) is 4.39 Å². The molecule has 0 amide bonds. The Kier molecular flexibility index (Phi) is 4.14. The van der Waals surface area contributed by atoms with E-state index in [0.717, 1.165) is 0 Å². The fraction of sp³-hybridized carbons (Fsp3) is 0.333. The van der Waals surface area contributed by atoms with Gasteiger partial charge in [-0.3, -0.25) is 0 Å². The quantitative estimate of drug-likeness (QED) is 0.779. The predicted octanol–water partition coefficient (Wildman–Crippen LogP) is 1.63. The molecule has 1 aromatic rings. The van der Waals surface area contributed by atoms with Crippen molar-refractivity contribution in [3.63, 3.8) is 0 Å². The Hall–Kier alpha value is -1.04. The minimum atomic E-state index is -0.878. The van der Waals surface area contributed by atoms with Gasteiger partial charge >= 0.3 is 0 Å². The largest absolute Gasteiger partial charge is 0.504 e. The summed E-state index contributed by atoms with van der Waals surface area (Å²) in [6, 6.07) is 1.41. The topological polar surface area (TPSA) is 64.7 Å². The highest BCUT2D eigenvalue weighted by Gasteiger charge is 2.17. The van der Waals surface area contributed by atoms with Crippen LogP contribution in [-0.4, -0.2) is 18.8 Å². The summed E-state index contributed by atoms with van der Waals surface area (Å²) in [5.74, 6) is 3.31. The van der Waals surface area contributed by atoms with Crippen molar-refractivity contribution in [2.45, 2.75) is 6.42 Å². The molecule has 0 bridgehead atoms. The van der Waals surface area contributed by atoms with Gasteiger partial charge in [0.2, 0.25) is 5.82 Å². The Balaban J connectivity index is 3.13. The normalized spacial score (nSPS) is 10.4. The minimum absolute atomic E-state index is 0.0473. The molecule has 0 spiro atoms. The Bertz CT molecular complexity index is 360. The van der Waals surface area contributed by atoms with Crippen LogP contribution in [0, 0.1) is 5.82 Å². The van der Waals surface area contributed by atoms with Crippen LogP contribution in [0.3, 0.4) is 0 Å². The van der Waals surface area contributed by atoms with Crippen molar-refractivity contribution in [2.75, 3.05) is 13.7 Å². The number of aromatic hydroxyl groups is 1. The first-order chi connectivity index (χ1) is 7.11. The number of phenols is 1. The van der Waals surface area contributed by atoms with Gasteiger partial charge in [0.1, 0.15) is 0 Å². The van der Waals surface area contributed by atoms with Crippen LogP contribution in [0.4, 0.5) is 4.39 Å². The van der Waals surface area contributed by atoms with E-state index in [4.69, 9.17) is 22.2 Å². The van der Waals surface area contributed by atoms with Gasteiger partial charge in [0.05, 0.1) is 18.7 Å². The van der Waals surface area contributed by atoms with Gasteiger partial charge < -0.3 is 14.7 Å². The van der Waals surface area contributed by atoms with E-state index in [-0.39, 0.29) is 17.4 Å². The van der Waals surface area contributed by atoms with Gasteiger partial charge in [0, 0.05) is 12.0 Å². The summed E-state index contributed by atoms with van der Waals surface area (Å²) < 4.78 is 18.2. The van der Waals surface area contributed by atoms with E-state index in [1.54, 1.807) is 0 Å². The van der Waals surface area contributed by atoms with Crippen molar-refractivity contribution in [3.8, 4) is 11.5 Å². The molecule has 15 heavy (non-hydrogen) atoms. The third-order valence-electron chi connectivity index (χ3n) is 1.92. The SMILES string of the molecule is COc1c(CCON)cc(Cl)c(O)c1F. The molecule has 6 heteroatoms. The van der Waals surface area contributed by atoms with Crippen molar-refractivity contribution in [1.82, 2.24) is 0 Å². The van der Waals surface area contributed by atoms with Gasteiger partial charge in [0.15, 0.2) is 11.5 Å².